The zero-order valence-electron chi connectivity index (χ0n) is 35.1. The van der Waals surface area contributed by atoms with Gasteiger partial charge in [-0.25, -0.2) is 8.78 Å². The highest BCUT2D eigenvalue weighted by atomic mass is 32.2. The molecule has 9 rings (SSSR count). The van der Waals surface area contributed by atoms with Crippen LogP contribution in [-0.4, -0.2) is 98.6 Å². The average Bonchev–Trinajstić information content (AvgIpc) is 3.86. The van der Waals surface area contributed by atoms with Gasteiger partial charge in [0, 0.05) is 57.4 Å². The Balaban J connectivity index is 0.845. The van der Waals surface area contributed by atoms with Gasteiger partial charge in [-0.3, -0.25) is 28.9 Å². The largest absolute Gasteiger partial charge is 0.390 e. The number of Topliss-reactive ketones (excluding diaryl/α,β-unsaturated/α-hetero) is 2. The number of likely N-dealkylation sites (tertiary alicyclic amines) is 1. The lowest BCUT2D eigenvalue weighted by molar-refractivity contribution is -0.235. The van der Waals surface area contributed by atoms with Crippen LogP contribution in [0, 0.1) is 34.5 Å². The molecule has 2 heterocycles. The van der Waals surface area contributed by atoms with Crippen LogP contribution in [-0.2, 0) is 39.9 Å². The quantitative estimate of drug-likeness (QED) is 0.228. The number of hydrogen-bond acceptors (Lipinski definition) is 11. The van der Waals surface area contributed by atoms with Crippen molar-refractivity contribution in [2.24, 2.45) is 34.5 Å². The van der Waals surface area contributed by atoms with Gasteiger partial charge in [0.15, 0.2) is 29.1 Å². The molecular weight excluding hydrogens is 837 g/mol. The summed E-state index contributed by atoms with van der Waals surface area (Å²) in [6.07, 6.45) is 3.84. The number of ketones is 3. The first-order valence-corrected chi connectivity index (χ1v) is 23.9. The maximum absolute atomic E-state index is 17.7. The first kappa shape index (κ1) is 43.7. The Kier molecular flexibility index (Phi) is 11.4. The summed E-state index contributed by atoms with van der Waals surface area (Å²) in [6.45, 7) is 2.88. The van der Waals surface area contributed by atoms with Crippen molar-refractivity contribution in [1.29, 1.82) is 0 Å². The van der Waals surface area contributed by atoms with E-state index < -0.39 is 76.8 Å². The van der Waals surface area contributed by atoms with Gasteiger partial charge in [0.05, 0.1) is 17.5 Å². The summed E-state index contributed by atoms with van der Waals surface area (Å²) >= 11 is 2.95. The summed E-state index contributed by atoms with van der Waals surface area (Å²) in [6, 6.07) is 15.4. The van der Waals surface area contributed by atoms with Gasteiger partial charge < -0.3 is 19.7 Å². The lowest BCUT2D eigenvalue weighted by Crippen LogP contribution is -2.70. The van der Waals surface area contributed by atoms with E-state index in [1.165, 1.54) is 47.5 Å². The predicted molar refractivity (Wildman–Crippen MR) is 227 cm³/mol. The molecule has 0 bridgehead atoms. The molecule has 2 aromatic carbocycles. The normalized spacial score (nSPS) is 39.9. The molecule has 0 aromatic heterocycles. The number of rotatable bonds is 11. The Morgan fingerprint density at radius 2 is 1.73 bits per heavy atom. The Morgan fingerprint density at radius 1 is 0.984 bits per heavy atom. The zero-order chi connectivity index (χ0) is 43.9. The van der Waals surface area contributed by atoms with E-state index in [-0.39, 0.29) is 65.9 Å². The molecule has 2 aromatic rings. The number of aliphatic hydroxyl groups excluding tert-OH is 2. The van der Waals surface area contributed by atoms with Gasteiger partial charge in [-0.1, -0.05) is 49.0 Å². The molecule has 6 fully saturated rings. The van der Waals surface area contributed by atoms with Crippen LogP contribution in [0.5, 0.6) is 0 Å². The van der Waals surface area contributed by atoms with Crippen LogP contribution < -0.4 is 0 Å². The van der Waals surface area contributed by atoms with Crippen LogP contribution in [0.25, 0.3) is 0 Å². The number of amides is 2. The second-order valence-electron chi connectivity index (χ2n) is 18.9. The fraction of sp³-hybridized carbons (Fsp3) is 0.562. The van der Waals surface area contributed by atoms with Crippen LogP contribution in [0.4, 0.5) is 8.78 Å². The van der Waals surface area contributed by atoms with Crippen LogP contribution >= 0.6 is 23.5 Å². The molecule has 62 heavy (non-hydrogen) atoms. The second-order valence-corrected chi connectivity index (χ2v) is 21.1. The highest BCUT2D eigenvalue weighted by Gasteiger charge is 2.80. The third kappa shape index (κ3) is 6.75. The number of halogens is 2. The molecule has 5 aliphatic carbocycles. The summed E-state index contributed by atoms with van der Waals surface area (Å²) < 4.78 is 46.9. The zero-order valence-corrected chi connectivity index (χ0v) is 36.7. The van der Waals surface area contributed by atoms with Crippen molar-refractivity contribution >= 4 is 52.7 Å². The molecule has 10 nitrogen and oxygen atoms in total. The Hall–Kier alpha value is -3.53. The van der Waals surface area contributed by atoms with E-state index >= 15 is 8.78 Å². The summed E-state index contributed by atoms with van der Waals surface area (Å²) in [5.74, 6) is -2.55. The Bertz CT molecular complexity index is 2250. The molecule has 0 spiro atoms. The number of thioether (sulfide) groups is 1. The summed E-state index contributed by atoms with van der Waals surface area (Å²) in [5.41, 5.74) is -5.27. The van der Waals surface area contributed by atoms with Crippen LogP contribution in [0.3, 0.4) is 0 Å². The Labute approximate surface area is 368 Å². The average molecular weight is 890 g/mol. The number of imide groups is 1. The van der Waals surface area contributed by atoms with E-state index in [0.29, 0.717) is 18.5 Å². The topological polar surface area (TPSA) is 148 Å². The SMILES string of the molecule is CSC1CC(=O)N(CC2CCC(C(=O)Cc3cccc(Sc4ccc([C@@H]5O[C@@H]6C[C@H]7[C@@H]8C[C@H](F)C9=CC(=O)C=C[C@]9(C)[C@@]8(F)[C@@H](O)C[C@]7(C)[C@]6(C(=O)CO)O5)cc4)c3)CC2)C1=O. The van der Waals surface area contributed by atoms with Crippen molar-refractivity contribution in [3.8, 4) is 0 Å². The number of aliphatic hydroxyl groups is 2. The van der Waals surface area contributed by atoms with Crippen molar-refractivity contribution in [2.45, 2.75) is 123 Å². The monoisotopic (exact) mass is 889 g/mol. The van der Waals surface area contributed by atoms with E-state index in [2.05, 4.69) is 0 Å². The number of benzene rings is 2. The number of alkyl halides is 2. The number of carbonyl (C=O) groups is 5. The first-order valence-electron chi connectivity index (χ1n) is 21.8. The highest BCUT2D eigenvalue weighted by molar-refractivity contribution is 8.00. The maximum atomic E-state index is 17.7. The molecule has 330 valence electrons. The highest BCUT2D eigenvalue weighted by Crippen LogP contribution is 2.72. The van der Waals surface area contributed by atoms with Gasteiger partial charge in [0.25, 0.3) is 0 Å². The van der Waals surface area contributed by atoms with E-state index in [0.717, 1.165) is 47.1 Å². The number of carbonyl (C=O) groups excluding carboxylic acids is 5. The fourth-order valence-electron chi connectivity index (χ4n) is 12.6. The summed E-state index contributed by atoms with van der Waals surface area (Å²) in [7, 11) is 0. The lowest BCUT2D eigenvalue weighted by atomic mass is 9.44. The van der Waals surface area contributed by atoms with E-state index in [1.54, 1.807) is 6.92 Å². The molecule has 2 saturated heterocycles. The third-order valence-electron chi connectivity index (χ3n) is 15.8. The smallest absolute Gasteiger partial charge is 0.242 e. The van der Waals surface area contributed by atoms with Gasteiger partial charge in [-0.05, 0) is 118 Å². The van der Waals surface area contributed by atoms with Crippen molar-refractivity contribution in [1.82, 2.24) is 4.90 Å². The number of ether oxygens (including phenoxy) is 2. The molecule has 4 saturated carbocycles. The van der Waals surface area contributed by atoms with Gasteiger partial charge in [0.1, 0.15) is 18.6 Å². The maximum Gasteiger partial charge on any atom is 0.242 e. The minimum Gasteiger partial charge on any atom is -0.390 e. The standard InChI is InChI=1S/C48H53F2NO9S2/c1-45-16-15-30(53)19-35(45)36(49)20-34-33-21-41-48(40(56)25-52,46(33,2)23-39(55)47(34,45)50)60-44(59-41)29-11-13-31(14-12-29)62-32-6-4-5-27(17-32)18-37(54)28-9-7-26(8-10-28)24-51-42(57)22-38(61-3)43(51)58/h4-6,11-17,19,26,28,33-34,36,38-39,41,44,52,55H,7-10,18,20-25H2,1-3H3/t26?,28?,33-,34-,36-,38?,39-,41+,44+,45-,46-,47-,48+/m0/s1. The predicted octanol–water partition coefficient (Wildman–Crippen LogP) is 6.89. The lowest BCUT2D eigenvalue weighted by Gasteiger charge is -2.63. The third-order valence-corrected chi connectivity index (χ3v) is 17.8. The molecule has 2 amide bonds. The van der Waals surface area contributed by atoms with Gasteiger partial charge in [-0.15, -0.1) is 0 Å². The van der Waals surface area contributed by atoms with Gasteiger partial charge >= 0.3 is 0 Å². The molecule has 14 heteroatoms. The van der Waals surface area contributed by atoms with Crippen LogP contribution in [0.1, 0.15) is 82.6 Å². The van der Waals surface area contributed by atoms with E-state index in [1.807, 2.05) is 54.8 Å². The molecule has 7 aliphatic rings. The molecule has 0 radical (unpaired) electrons. The van der Waals surface area contributed by atoms with E-state index in [9.17, 15) is 34.2 Å². The molecule has 1 unspecified atom stereocenters. The van der Waals surface area contributed by atoms with Gasteiger partial charge in [-0.2, -0.15) is 11.8 Å². The van der Waals surface area contributed by atoms with E-state index in [4.69, 9.17) is 9.47 Å². The number of fused-ring (bicyclic) bond motifs is 7. The second kappa shape index (κ2) is 16.2. The van der Waals surface area contributed by atoms with Crippen LogP contribution in [0.15, 0.2) is 82.1 Å². The van der Waals surface area contributed by atoms with Crippen molar-refractivity contribution in [2.75, 3.05) is 19.4 Å². The molecular formula is C48H53F2NO9S2. The summed E-state index contributed by atoms with van der Waals surface area (Å²) in [4.78, 5) is 67.9. The molecule has 2 N–H and O–H groups in total. The molecule has 11 atom stereocenters. The number of nitrogens with zero attached hydrogens (tertiary/aromatic N) is 1. The fourth-order valence-corrected chi connectivity index (χ4v) is 14.1. The first-order chi connectivity index (χ1) is 29.6. The van der Waals surface area contributed by atoms with Crippen molar-refractivity contribution in [3.63, 3.8) is 0 Å². The summed E-state index contributed by atoms with van der Waals surface area (Å²) in [5, 5.41) is 21.8. The number of allylic oxidation sites excluding steroid dienone is 4. The van der Waals surface area contributed by atoms with Crippen LogP contribution in [0.2, 0.25) is 0 Å². The Morgan fingerprint density at radius 3 is 2.42 bits per heavy atom. The minimum atomic E-state index is -2.33. The van der Waals surface area contributed by atoms with Gasteiger partial charge in [0.2, 0.25) is 11.8 Å². The molecule has 2 aliphatic heterocycles. The minimum absolute atomic E-state index is 0.0201. The van der Waals surface area contributed by atoms with Crippen molar-refractivity contribution < 1.29 is 52.4 Å². The number of hydrogen-bond donors (Lipinski definition) is 2. The van der Waals surface area contributed by atoms with Crippen molar-refractivity contribution in [3.05, 3.63) is 83.5 Å².